The summed E-state index contributed by atoms with van der Waals surface area (Å²) in [6.45, 7) is 8.21. The molecular weight excluding hydrogens is 518 g/mol. The monoisotopic (exact) mass is 543 g/mol. The van der Waals surface area contributed by atoms with Gasteiger partial charge >= 0.3 is 0 Å². The second-order valence-corrected chi connectivity index (χ2v) is 8.98. The van der Waals surface area contributed by atoms with Gasteiger partial charge in [-0.05, 0) is 103 Å². The lowest BCUT2D eigenvalue weighted by Gasteiger charge is -2.35. The molecule has 1 N–H and O–H groups in total. The molecule has 2 aromatic carbocycles. The predicted octanol–water partition coefficient (Wildman–Crippen LogP) is 4.46. The molecule has 3 amide bonds. The third kappa shape index (κ3) is 5.53. The summed E-state index contributed by atoms with van der Waals surface area (Å²) in [5.74, 6) is -0.610. The smallest absolute Gasteiger partial charge is 0.265 e. The number of halogens is 1. The molecule has 0 atom stereocenters. The molecule has 1 aliphatic heterocycles. The van der Waals surface area contributed by atoms with E-state index in [-0.39, 0.29) is 23.2 Å². The summed E-state index contributed by atoms with van der Waals surface area (Å²) in [7, 11) is 0. The molecule has 2 aromatic rings. The molecule has 0 aromatic heterocycles. The first-order valence-electron chi connectivity index (χ1n) is 10.8. The van der Waals surface area contributed by atoms with Crippen molar-refractivity contribution >= 4 is 62.7 Å². The summed E-state index contributed by atoms with van der Waals surface area (Å²) in [5, 5.41) is 3.06. The zero-order chi connectivity index (χ0) is 25.0. The molecule has 0 spiro atoms. The van der Waals surface area contributed by atoms with Crippen molar-refractivity contribution in [1.82, 2.24) is 9.80 Å². The van der Waals surface area contributed by atoms with Crippen LogP contribution in [0.4, 0.5) is 5.69 Å². The van der Waals surface area contributed by atoms with Crippen molar-refractivity contribution in [2.24, 2.45) is 0 Å². The van der Waals surface area contributed by atoms with Gasteiger partial charge in [0, 0.05) is 17.6 Å². The van der Waals surface area contributed by atoms with Crippen LogP contribution in [-0.4, -0.2) is 52.3 Å². The number of hydrogen-bond donors (Lipinski definition) is 1. The number of amides is 3. The van der Waals surface area contributed by atoms with Crippen LogP contribution in [0.1, 0.15) is 30.5 Å². The normalized spacial score (nSPS) is 13.9. The van der Waals surface area contributed by atoms with Crippen LogP contribution in [0, 0.1) is 13.8 Å². The maximum absolute atomic E-state index is 12.8. The van der Waals surface area contributed by atoms with E-state index < -0.39 is 11.8 Å². The largest absolute Gasteiger partial charge is 0.484 e. The summed E-state index contributed by atoms with van der Waals surface area (Å²) < 4.78 is 6.39. The van der Waals surface area contributed by atoms with Gasteiger partial charge in [-0.3, -0.25) is 24.2 Å². The highest BCUT2D eigenvalue weighted by Gasteiger charge is 2.37. The van der Waals surface area contributed by atoms with Gasteiger partial charge < -0.3 is 10.1 Å². The van der Waals surface area contributed by atoms with Crippen LogP contribution in [0.5, 0.6) is 5.75 Å². The molecule has 3 rings (SSSR count). The zero-order valence-electron chi connectivity index (χ0n) is 19.5. The first kappa shape index (κ1) is 25.6. The van der Waals surface area contributed by atoms with Crippen molar-refractivity contribution in [3.63, 3.8) is 0 Å². The first-order valence-corrected chi connectivity index (χ1v) is 12.0. The Hall–Kier alpha value is -3.04. The fourth-order valence-corrected chi connectivity index (χ4v) is 4.40. The predicted molar refractivity (Wildman–Crippen MR) is 140 cm³/mol. The lowest BCUT2D eigenvalue weighted by atomic mass is 10.1. The summed E-state index contributed by atoms with van der Waals surface area (Å²) in [6, 6.07) is 10.7. The molecule has 1 heterocycles. The number of rotatable bonds is 7. The lowest BCUT2D eigenvalue weighted by molar-refractivity contribution is -0.133. The number of anilines is 1. The molecule has 0 bridgehead atoms. The van der Waals surface area contributed by atoms with Crippen LogP contribution < -0.4 is 10.1 Å². The summed E-state index contributed by atoms with van der Waals surface area (Å²) >= 11 is 8.74. The highest BCUT2D eigenvalue weighted by atomic mass is 79.9. The molecule has 1 aliphatic rings. The molecular formula is C25H26BrN3O4S. The number of nitrogens with zero attached hydrogens (tertiary/aromatic N) is 2. The highest BCUT2D eigenvalue weighted by Crippen LogP contribution is 2.26. The van der Waals surface area contributed by atoms with Crippen LogP contribution in [0.2, 0.25) is 0 Å². The number of thiocarbonyl (C=S) groups is 1. The third-order valence-electron chi connectivity index (χ3n) is 5.46. The van der Waals surface area contributed by atoms with E-state index in [1.54, 1.807) is 30.3 Å². The van der Waals surface area contributed by atoms with Gasteiger partial charge in [0.25, 0.3) is 17.7 Å². The Kier molecular flexibility index (Phi) is 8.22. The standard InChI is InChI=1S/C25H26BrN3O4S/c1-5-28-23(31)19(24(32)29(6-2)25(28)34)13-17-7-9-18(10-8-17)33-14-22(30)27-21-12-16(4)15(3)11-20(21)26/h7-13H,5-6,14H2,1-4H3,(H,27,30). The van der Waals surface area contributed by atoms with Gasteiger partial charge in [-0.15, -0.1) is 0 Å². The summed E-state index contributed by atoms with van der Waals surface area (Å²) in [6.07, 6.45) is 1.55. The minimum Gasteiger partial charge on any atom is -0.484 e. The number of likely N-dealkylation sites (N-methyl/N-ethyl adjacent to an activating group) is 2. The number of benzene rings is 2. The maximum Gasteiger partial charge on any atom is 0.265 e. The molecule has 0 aliphatic carbocycles. The van der Waals surface area contributed by atoms with Gasteiger partial charge in [0.2, 0.25) is 0 Å². The second-order valence-electron chi connectivity index (χ2n) is 7.76. The van der Waals surface area contributed by atoms with Gasteiger partial charge in [0.15, 0.2) is 11.7 Å². The quantitative estimate of drug-likeness (QED) is 0.317. The highest BCUT2D eigenvalue weighted by molar-refractivity contribution is 9.10. The summed E-state index contributed by atoms with van der Waals surface area (Å²) in [5.41, 5.74) is 3.60. The average Bonchev–Trinajstić information content (AvgIpc) is 2.80. The van der Waals surface area contributed by atoms with Crippen LogP contribution in [0.3, 0.4) is 0 Å². The Morgan fingerprint density at radius 3 is 2.15 bits per heavy atom. The number of ether oxygens (including phenoxy) is 1. The van der Waals surface area contributed by atoms with Crippen molar-refractivity contribution in [2.45, 2.75) is 27.7 Å². The Labute approximate surface area is 212 Å². The van der Waals surface area contributed by atoms with Crippen LogP contribution in [-0.2, 0) is 14.4 Å². The van der Waals surface area contributed by atoms with Gasteiger partial charge in [-0.2, -0.15) is 0 Å². The summed E-state index contributed by atoms with van der Waals surface area (Å²) in [4.78, 5) is 40.6. The second kappa shape index (κ2) is 10.9. The number of hydrogen-bond acceptors (Lipinski definition) is 5. The Balaban J connectivity index is 1.67. The van der Waals surface area contributed by atoms with Gasteiger partial charge in [0.1, 0.15) is 11.3 Å². The number of nitrogens with one attached hydrogen (secondary N) is 1. The molecule has 34 heavy (non-hydrogen) atoms. The SMILES string of the molecule is CCN1C(=O)C(=Cc2ccc(OCC(=O)Nc3cc(C)c(C)cc3Br)cc2)C(=O)N(CC)C1=S. The van der Waals surface area contributed by atoms with E-state index in [1.165, 1.54) is 9.80 Å². The third-order valence-corrected chi connectivity index (χ3v) is 6.56. The van der Waals surface area contributed by atoms with Crippen LogP contribution >= 0.6 is 28.1 Å². The molecule has 0 unspecified atom stereocenters. The number of aryl methyl sites for hydroxylation is 2. The minimum absolute atomic E-state index is 0.0596. The Bertz CT molecular complexity index is 1150. The zero-order valence-corrected chi connectivity index (χ0v) is 21.9. The molecule has 178 valence electrons. The molecule has 9 heteroatoms. The number of carbonyl (C=O) groups is 3. The van der Waals surface area contributed by atoms with Crippen molar-refractivity contribution < 1.29 is 19.1 Å². The van der Waals surface area contributed by atoms with E-state index >= 15 is 0 Å². The topological polar surface area (TPSA) is 79.0 Å². The van der Waals surface area contributed by atoms with Gasteiger partial charge in [-0.1, -0.05) is 12.1 Å². The number of carbonyl (C=O) groups excluding carboxylic acids is 3. The van der Waals surface area contributed by atoms with Gasteiger partial charge in [0.05, 0.1) is 5.69 Å². The van der Waals surface area contributed by atoms with E-state index in [9.17, 15) is 14.4 Å². The first-order chi connectivity index (χ1) is 16.2. The maximum atomic E-state index is 12.8. The van der Waals surface area contributed by atoms with Crippen molar-refractivity contribution in [3.05, 3.63) is 63.1 Å². The average molecular weight is 544 g/mol. The minimum atomic E-state index is -0.406. The molecule has 1 fully saturated rings. The Morgan fingerprint density at radius 1 is 1.03 bits per heavy atom. The van der Waals surface area contributed by atoms with Gasteiger partial charge in [-0.25, -0.2) is 0 Å². The fourth-order valence-electron chi connectivity index (χ4n) is 3.42. The molecule has 1 saturated heterocycles. The van der Waals surface area contributed by atoms with Crippen molar-refractivity contribution in [1.29, 1.82) is 0 Å². The van der Waals surface area contributed by atoms with E-state index in [2.05, 4.69) is 21.2 Å². The molecule has 0 saturated carbocycles. The fraction of sp³-hybridized carbons (Fsp3) is 0.280. The van der Waals surface area contributed by atoms with Crippen LogP contribution in [0.15, 0.2) is 46.4 Å². The molecule has 7 nitrogen and oxygen atoms in total. The van der Waals surface area contributed by atoms with E-state index in [1.807, 2.05) is 39.8 Å². The Morgan fingerprint density at radius 2 is 1.59 bits per heavy atom. The van der Waals surface area contributed by atoms with E-state index in [0.29, 0.717) is 30.1 Å². The molecule has 0 radical (unpaired) electrons. The van der Waals surface area contributed by atoms with Crippen LogP contribution in [0.25, 0.3) is 6.08 Å². The lowest BCUT2D eigenvalue weighted by Crippen LogP contribution is -2.55. The van der Waals surface area contributed by atoms with E-state index in [4.69, 9.17) is 17.0 Å². The van der Waals surface area contributed by atoms with E-state index in [0.717, 1.165) is 15.6 Å². The van der Waals surface area contributed by atoms with Crippen molar-refractivity contribution in [3.8, 4) is 5.75 Å². The van der Waals surface area contributed by atoms with Crippen molar-refractivity contribution in [2.75, 3.05) is 25.0 Å².